The minimum Gasteiger partial charge on any atom is -0.314 e. The monoisotopic (exact) mass is 198 g/mol. The number of hydrogen-bond donors (Lipinski definition) is 1. The molecule has 1 aliphatic heterocycles. The standard InChI is InChI=1S/C12H26N2/c1-10(12(2,3)4)6-7-14(5)11-8-13-9-11/h10-11,13H,6-9H2,1-5H3. The van der Waals surface area contributed by atoms with E-state index >= 15 is 0 Å². The molecule has 1 unspecified atom stereocenters. The Labute approximate surface area is 89.1 Å². The second-order valence-corrected chi connectivity index (χ2v) is 5.85. The van der Waals surface area contributed by atoms with Crippen LogP contribution in [0.5, 0.6) is 0 Å². The largest absolute Gasteiger partial charge is 0.314 e. The minimum absolute atomic E-state index is 0.457. The molecule has 0 aromatic rings. The van der Waals surface area contributed by atoms with Gasteiger partial charge in [-0.15, -0.1) is 0 Å². The molecule has 1 heterocycles. The van der Waals surface area contributed by atoms with Gasteiger partial charge in [-0.05, 0) is 31.3 Å². The Bertz CT molecular complexity index is 168. The van der Waals surface area contributed by atoms with E-state index in [1.54, 1.807) is 0 Å². The summed E-state index contributed by atoms with van der Waals surface area (Å²) in [6.07, 6.45) is 1.32. The van der Waals surface area contributed by atoms with Crippen LogP contribution in [0.15, 0.2) is 0 Å². The number of nitrogens with zero attached hydrogens (tertiary/aromatic N) is 1. The second kappa shape index (κ2) is 4.63. The molecule has 0 aromatic heterocycles. The van der Waals surface area contributed by atoms with Crippen LogP contribution in [0, 0.1) is 11.3 Å². The third-order valence-corrected chi connectivity index (χ3v) is 3.78. The molecule has 1 atom stereocenters. The smallest absolute Gasteiger partial charge is 0.0342 e. The van der Waals surface area contributed by atoms with Crippen molar-refractivity contribution in [1.29, 1.82) is 0 Å². The molecule has 0 aromatic carbocycles. The zero-order chi connectivity index (χ0) is 10.8. The highest BCUT2D eigenvalue weighted by atomic mass is 15.2. The van der Waals surface area contributed by atoms with Gasteiger partial charge in [-0.3, -0.25) is 0 Å². The van der Waals surface area contributed by atoms with Gasteiger partial charge in [0.15, 0.2) is 0 Å². The fourth-order valence-corrected chi connectivity index (χ4v) is 1.60. The molecular formula is C12H26N2. The van der Waals surface area contributed by atoms with Crippen molar-refractivity contribution in [3.8, 4) is 0 Å². The quantitative estimate of drug-likeness (QED) is 0.743. The summed E-state index contributed by atoms with van der Waals surface area (Å²) in [5, 5.41) is 3.32. The van der Waals surface area contributed by atoms with Crippen LogP contribution in [-0.4, -0.2) is 37.6 Å². The van der Waals surface area contributed by atoms with Crippen LogP contribution in [0.3, 0.4) is 0 Å². The Morgan fingerprint density at radius 3 is 2.29 bits per heavy atom. The van der Waals surface area contributed by atoms with Gasteiger partial charge in [-0.2, -0.15) is 0 Å². The molecule has 1 saturated heterocycles. The van der Waals surface area contributed by atoms with Crippen LogP contribution in [0.1, 0.15) is 34.1 Å². The highest BCUT2D eigenvalue weighted by Gasteiger charge is 2.24. The Balaban J connectivity index is 2.18. The lowest BCUT2D eigenvalue weighted by atomic mass is 9.80. The summed E-state index contributed by atoms with van der Waals surface area (Å²) in [6.45, 7) is 13.0. The molecule has 0 bridgehead atoms. The maximum Gasteiger partial charge on any atom is 0.0342 e. The number of likely N-dealkylation sites (N-methyl/N-ethyl adjacent to an activating group) is 1. The van der Waals surface area contributed by atoms with Gasteiger partial charge in [-0.25, -0.2) is 0 Å². The van der Waals surface area contributed by atoms with E-state index in [4.69, 9.17) is 0 Å². The molecule has 2 heteroatoms. The molecule has 1 fully saturated rings. The Kier molecular flexibility index (Phi) is 3.96. The van der Waals surface area contributed by atoms with Crippen LogP contribution >= 0.6 is 0 Å². The van der Waals surface area contributed by atoms with Gasteiger partial charge in [-0.1, -0.05) is 27.7 Å². The van der Waals surface area contributed by atoms with Crippen LogP contribution < -0.4 is 5.32 Å². The minimum atomic E-state index is 0.457. The third kappa shape index (κ3) is 3.25. The van der Waals surface area contributed by atoms with Crippen molar-refractivity contribution in [1.82, 2.24) is 10.2 Å². The van der Waals surface area contributed by atoms with Gasteiger partial charge >= 0.3 is 0 Å². The second-order valence-electron chi connectivity index (χ2n) is 5.85. The van der Waals surface area contributed by atoms with Gasteiger partial charge in [0.1, 0.15) is 0 Å². The van der Waals surface area contributed by atoms with Crippen LogP contribution in [0.4, 0.5) is 0 Å². The summed E-state index contributed by atoms with van der Waals surface area (Å²) in [6, 6.07) is 0.794. The van der Waals surface area contributed by atoms with Crippen molar-refractivity contribution in [2.45, 2.75) is 40.2 Å². The predicted octanol–water partition coefficient (Wildman–Crippen LogP) is 1.96. The molecule has 14 heavy (non-hydrogen) atoms. The highest BCUT2D eigenvalue weighted by Crippen LogP contribution is 2.28. The molecule has 0 aliphatic carbocycles. The number of rotatable bonds is 4. The lowest BCUT2D eigenvalue weighted by Crippen LogP contribution is -2.56. The van der Waals surface area contributed by atoms with Crippen LogP contribution in [0.2, 0.25) is 0 Å². The summed E-state index contributed by atoms with van der Waals surface area (Å²) in [5.41, 5.74) is 0.457. The van der Waals surface area contributed by atoms with Crippen LogP contribution in [0.25, 0.3) is 0 Å². The lowest BCUT2D eigenvalue weighted by Gasteiger charge is -2.37. The maximum atomic E-state index is 3.32. The molecule has 84 valence electrons. The molecule has 1 N–H and O–H groups in total. The normalized spacial score (nSPS) is 21.0. The molecule has 1 rings (SSSR count). The maximum absolute atomic E-state index is 3.32. The average molecular weight is 198 g/mol. The topological polar surface area (TPSA) is 15.3 Å². The van der Waals surface area contributed by atoms with Crippen molar-refractivity contribution >= 4 is 0 Å². The van der Waals surface area contributed by atoms with Crippen molar-refractivity contribution in [2.75, 3.05) is 26.7 Å². The first-order valence-electron chi connectivity index (χ1n) is 5.82. The van der Waals surface area contributed by atoms with E-state index < -0.39 is 0 Å². The Morgan fingerprint density at radius 2 is 1.93 bits per heavy atom. The van der Waals surface area contributed by atoms with E-state index in [0.717, 1.165) is 12.0 Å². The Hall–Kier alpha value is -0.0800. The van der Waals surface area contributed by atoms with E-state index in [1.165, 1.54) is 26.1 Å². The van der Waals surface area contributed by atoms with Gasteiger partial charge in [0.2, 0.25) is 0 Å². The van der Waals surface area contributed by atoms with Crippen molar-refractivity contribution in [3.63, 3.8) is 0 Å². The van der Waals surface area contributed by atoms with Crippen molar-refractivity contribution < 1.29 is 0 Å². The first-order valence-corrected chi connectivity index (χ1v) is 5.82. The fraction of sp³-hybridized carbons (Fsp3) is 1.00. The molecule has 0 amide bonds. The molecule has 0 saturated carbocycles. The summed E-state index contributed by atoms with van der Waals surface area (Å²) in [4.78, 5) is 2.50. The number of hydrogen-bond acceptors (Lipinski definition) is 2. The zero-order valence-electron chi connectivity index (χ0n) is 10.4. The van der Waals surface area contributed by atoms with E-state index in [2.05, 4.69) is 45.0 Å². The van der Waals surface area contributed by atoms with Gasteiger partial charge in [0.05, 0.1) is 0 Å². The molecule has 0 spiro atoms. The van der Waals surface area contributed by atoms with Crippen molar-refractivity contribution in [3.05, 3.63) is 0 Å². The predicted molar refractivity (Wildman–Crippen MR) is 62.5 cm³/mol. The number of nitrogens with one attached hydrogen (secondary N) is 1. The summed E-state index contributed by atoms with van der Waals surface area (Å²) in [7, 11) is 2.25. The van der Waals surface area contributed by atoms with E-state index in [9.17, 15) is 0 Å². The van der Waals surface area contributed by atoms with E-state index in [0.29, 0.717) is 5.41 Å². The molecule has 2 nitrogen and oxygen atoms in total. The summed E-state index contributed by atoms with van der Waals surface area (Å²) in [5.74, 6) is 0.804. The van der Waals surface area contributed by atoms with E-state index in [-0.39, 0.29) is 0 Å². The molecular weight excluding hydrogens is 172 g/mol. The molecule has 1 aliphatic rings. The fourth-order valence-electron chi connectivity index (χ4n) is 1.60. The first kappa shape index (κ1) is 12.0. The molecule has 0 radical (unpaired) electrons. The van der Waals surface area contributed by atoms with Gasteiger partial charge in [0.25, 0.3) is 0 Å². The highest BCUT2D eigenvalue weighted by molar-refractivity contribution is 4.83. The first-order chi connectivity index (χ1) is 6.41. The summed E-state index contributed by atoms with van der Waals surface area (Å²) >= 11 is 0. The van der Waals surface area contributed by atoms with Crippen LogP contribution in [-0.2, 0) is 0 Å². The van der Waals surface area contributed by atoms with E-state index in [1.807, 2.05) is 0 Å². The average Bonchev–Trinajstić information content (AvgIpc) is 1.94. The van der Waals surface area contributed by atoms with Crippen molar-refractivity contribution in [2.24, 2.45) is 11.3 Å². The SMILES string of the molecule is CC(CCN(C)C1CNC1)C(C)(C)C. The Morgan fingerprint density at radius 1 is 1.36 bits per heavy atom. The lowest BCUT2D eigenvalue weighted by molar-refractivity contribution is 0.150. The third-order valence-electron chi connectivity index (χ3n) is 3.78. The zero-order valence-corrected chi connectivity index (χ0v) is 10.4. The summed E-state index contributed by atoms with van der Waals surface area (Å²) < 4.78 is 0. The van der Waals surface area contributed by atoms with Gasteiger partial charge in [0, 0.05) is 19.1 Å². The van der Waals surface area contributed by atoms with Gasteiger partial charge < -0.3 is 10.2 Å².